The molecule has 1 heteroatoms. The molecule has 2 atom stereocenters. The zero-order chi connectivity index (χ0) is 16.4. The van der Waals surface area contributed by atoms with Gasteiger partial charge in [0.2, 0.25) is 0 Å². The first kappa shape index (κ1) is 17.0. The summed E-state index contributed by atoms with van der Waals surface area (Å²) in [6, 6.07) is 10.5. The van der Waals surface area contributed by atoms with E-state index in [9.17, 15) is 5.11 Å². The molecule has 1 aromatic rings. The second-order valence-electron chi connectivity index (χ2n) is 7.58. The van der Waals surface area contributed by atoms with Gasteiger partial charge >= 0.3 is 0 Å². The Labute approximate surface area is 135 Å². The summed E-state index contributed by atoms with van der Waals surface area (Å²) in [6.45, 7) is 11.0. The van der Waals surface area contributed by atoms with Crippen LogP contribution in [0.2, 0.25) is 0 Å². The van der Waals surface area contributed by atoms with Crippen molar-refractivity contribution in [2.75, 3.05) is 0 Å². The lowest BCUT2D eigenvalue weighted by atomic mass is 9.63. The van der Waals surface area contributed by atoms with Crippen LogP contribution >= 0.6 is 0 Å². The average molecular weight is 298 g/mol. The third kappa shape index (κ3) is 3.35. The highest BCUT2D eigenvalue weighted by atomic mass is 16.3. The summed E-state index contributed by atoms with van der Waals surface area (Å²) in [5.74, 6) is 0.507. The predicted molar refractivity (Wildman–Crippen MR) is 95.5 cm³/mol. The van der Waals surface area contributed by atoms with Crippen molar-refractivity contribution < 1.29 is 5.11 Å². The molecule has 120 valence electrons. The molecule has 0 saturated heterocycles. The molecular weight excluding hydrogens is 268 g/mol. The Kier molecular flexibility index (Phi) is 4.97. The van der Waals surface area contributed by atoms with Gasteiger partial charge in [-0.25, -0.2) is 0 Å². The molecule has 2 rings (SSSR count). The summed E-state index contributed by atoms with van der Waals surface area (Å²) >= 11 is 0. The van der Waals surface area contributed by atoms with Gasteiger partial charge < -0.3 is 5.11 Å². The summed E-state index contributed by atoms with van der Waals surface area (Å²) in [7, 11) is 0. The Morgan fingerprint density at radius 1 is 0.955 bits per heavy atom. The zero-order valence-electron chi connectivity index (χ0n) is 14.6. The van der Waals surface area contributed by atoms with Crippen molar-refractivity contribution in [1.82, 2.24) is 0 Å². The molecule has 1 aliphatic rings. The fraction of sp³-hybridized carbons (Fsp3) is 0.524. The molecule has 0 spiro atoms. The van der Waals surface area contributed by atoms with E-state index in [4.69, 9.17) is 0 Å². The minimum atomic E-state index is -0.636. The zero-order valence-corrected chi connectivity index (χ0v) is 14.6. The van der Waals surface area contributed by atoms with Crippen molar-refractivity contribution in [3.8, 4) is 0 Å². The van der Waals surface area contributed by atoms with Crippen LogP contribution in [0.25, 0.3) is 5.57 Å². The van der Waals surface area contributed by atoms with E-state index < -0.39 is 5.60 Å². The third-order valence-electron chi connectivity index (χ3n) is 5.18. The number of aliphatic hydroxyl groups is 1. The minimum Gasteiger partial charge on any atom is -0.389 e. The maximum Gasteiger partial charge on any atom is 0.0711 e. The molecule has 1 N–H and O–H groups in total. The SMILES string of the molecule is CCC(O)(CC)[C@H]1C=C(c2ccccc2)C=C[C@@H]1C(C)(C)C. The van der Waals surface area contributed by atoms with Crippen LogP contribution in [0.3, 0.4) is 0 Å². The Bertz CT molecular complexity index is 541. The molecule has 0 fully saturated rings. The van der Waals surface area contributed by atoms with Crippen LogP contribution in [-0.2, 0) is 0 Å². The monoisotopic (exact) mass is 298 g/mol. The van der Waals surface area contributed by atoms with Gasteiger partial charge in [-0.3, -0.25) is 0 Å². The topological polar surface area (TPSA) is 20.2 Å². The van der Waals surface area contributed by atoms with E-state index in [2.05, 4.69) is 77.1 Å². The molecular formula is C21H30O. The standard InChI is InChI=1S/C21H30O/c1-6-21(22,7-2)19-15-17(16-11-9-8-10-12-16)13-14-18(19)20(3,4)5/h8-15,18-19,22H,6-7H2,1-5H3/t18-,19-/m0/s1. The lowest BCUT2D eigenvalue weighted by molar-refractivity contribution is -0.0388. The van der Waals surface area contributed by atoms with Gasteiger partial charge in [-0.1, -0.05) is 83.2 Å². The van der Waals surface area contributed by atoms with Crippen LogP contribution < -0.4 is 0 Å². The summed E-state index contributed by atoms with van der Waals surface area (Å²) in [5.41, 5.74) is 1.96. The number of rotatable bonds is 4. The van der Waals surface area contributed by atoms with Gasteiger partial charge in [0.1, 0.15) is 0 Å². The quantitative estimate of drug-likeness (QED) is 0.781. The second-order valence-corrected chi connectivity index (χ2v) is 7.58. The molecule has 22 heavy (non-hydrogen) atoms. The number of hydrogen-bond donors (Lipinski definition) is 1. The second kappa shape index (κ2) is 6.42. The molecule has 0 aliphatic heterocycles. The highest BCUT2D eigenvalue weighted by Crippen LogP contribution is 2.45. The van der Waals surface area contributed by atoms with Crippen molar-refractivity contribution >= 4 is 5.57 Å². The maximum atomic E-state index is 11.2. The van der Waals surface area contributed by atoms with Gasteiger partial charge in [0.25, 0.3) is 0 Å². The lowest BCUT2D eigenvalue weighted by Gasteiger charge is -2.44. The highest BCUT2D eigenvalue weighted by Gasteiger charge is 2.42. The minimum absolute atomic E-state index is 0.137. The molecule has 0 aromatic heterocycles. The van der Waals surface area contributed by atoms with E-state index in [0.29, 0.717) is 5.92 Å². The smallest absolute Gasteiger partial charge is 0.0711 e. The lowest BCUT2D eigenvalue weighted by Crippen LogP contribution is -2.44. The molecule has 0 radical (unpaired) electrons. The van der Waals surface area contributed by atoms with E-state index in [1.807, 2.05) is 6.07 Å². The largest absolute Gasteiger partial charge is 0.389 e. The maximum absolute atomic E-state index is 11.2. The van der Waals surface area contributed by atoms with Gasteiger partial charge in [0.05, 0.1) is 5.60 Å². The Hall–Kier alpha value is -1.34. The summed E-state index contributed by atoms with van der Waals surface area (Å²) < 4.78 is 0. The van der Waals surface area contributed by atoms with Crippen molar-refractivity contribution in [3.05, 3.63) is 54.1 Å². The van der Waals surface area contributed by atoms with Crippen molar-refractivity contribution in [2.24, 2.45) is 17.3 Å². The molecule has 1 nitrogen and oxygen atoms in total. The van der Waals surface area contributed by atoms with Crippen LogP contribution in [-0.4, -0.2) is 10.7 Å². The van der Waals surface area contributed by atoms with Gasteiger partial charge in [0.15, 0.2) is 0 Å². The normalized spacial score (nSPS) is 22.5. The molecule has 0 amide bonds. The fourth-order valence-electron chi connectivity index (χ4n) is 3.54. The Morgan fingerprint density at radius 3 is 2.05 bits per heavy atom. The van der Waals surface area contributed by atoms with Gasteiger partial charge in [-0.2, -0.15) is 0 Å². The number of hydrogen-bond acceptors (Lipinski definition) is 1. The first-order valence-electron chi connectivity index (χ1n) is 8.49. The van der Waals surface area contributed by atoms with Gasteiger partial charge in [-0.05, 0) is 35.3 Å². The van der Waals surface area contributed by atoms with E-state index in [0.717, 1.165) is 12.8 Å². The van der Waals surface area contributed by atoms with Crippen LogP contribution in [0.1, 0.15) is 53.0 Å². The van der Waals surface area contributed by atoms with E-state index >= 15 is 0 Å². The van der Waals surface area contributed by atoms with Crippen LogP contribution in [0.4, 0.5) is 0 Å². The average Bonchev–Trinajstić information content (AvgIpc) is 2.53. The predicted octanol–water partition coefficient (Wildman–Crippen LogP) is 5.47. The van der Waals surface area contributed by atoms with Crippen molar-refractivity contribution in [3.63, 3.8) is 0 Å². The number of allylic oxidation sites excluding steroid dienone is 3. The molecule has 0 saturated carbocycles. The number of benzene rings is 1. The first-order valence-corrected chi connectivity index (χ1v) is 8.49. The summed E-state index contributed by atoms with van der Waals surface area (Å²) in [4.78, 5) is 0. The van der Waals surface area contributed by atoms with Gasteiger partial charge in [-0.15, -0.1) is 0 Å². The first-order chi connectivity index (χ1) is 10.3. The van der Waals surface area contributed by atoms with E-state index in [-0.39, 0.29) is 11.3 Å². The highest BCUT2D eigenvalue weighted by molar-refractivity contribution is 5.75. The van der Waals surface area contributed by atoms with Crippen LogP contribution in [0, 0.1) is 17.3 Å². The van der Waals surface area contributed by atoms with E-state index in [1.165, 1.54) is 11.1 Å². The molecule has 0 heterocycles. The third-order valence-corrected chi connectivity index (χ3v) is 5.18. The molecule has 1 aliphatic carbocycles. The fourth-order valence-corrected chi connectivity index (χ4v) is 3.54. The van der Waals surface area contributed by atoms with Crippen LogP contribution in [0.15, 0.2) is 48.6 Å². The summed E-state index contributed by atoms with van der Waals surface area (Å²) in [6.07, 6.45) is 8.41. The van der Waals surface area contributed by atoms with E-state index in [1.54, 1.807) is 0 Å². The Morgan fingerprint density at radius 2 is 1.55 bits per heavy atom. The summed E-state index contributed by atoms with van der Waals surface area (Å²) in [5, 5.41) is 11.2. The molecule has 0 unspecified atom stereocenters. The van der Waals surface area contributed by atoms with Crippen molar-refractivity contribution in [1.29, 1.82) is 0 Å². The van der Waals surface area contributed by atoms with Gasteiger partial charge in [0, 0.05) is 5.92 Å². The Balaban J connectivity index is 2.46. The van der Waals surface area contributed by atoms with Crippen molar-refractivity contribution in [2.45, 2.75) is 53.1 Å². The van der Waals surface area contributed by atoms with Crippen LogP contribution in [0.5, 0.6) is 0 Å². The molecule has 0 bridgehead atoms. The molecule has 1 aromatic carbocycles.